The van der Waals surface area contributed by atoms with Crippen molar-refractivity contribution < 1.29 is 14.3 Å². The van der Waals surface area contributed by atoms with Gasteiger partial charge in [-0.15, -0.1) is 0 Å². The van der Waals surface area contributed by atoms with E-state index in [0.717, 1.165) is 22.2 Å². The highest BCUT2D eigenvalue weighted by atomic mass is 16.6. The average molecular weight is 366 g/mol. The maximum Gasteiger partial charge on any atom is 0.410 e. The van der Waals surface area contributed by atoms with Gasteiger partial charge < -0.3 is 19.4 Å². The SMILES string of the molecule is CC(C)(C)OC(=O)N1CCc2ncnc(Oc3ccc4[nH]ccc4c3)c2C1. The van der Waals surface area contributed by atoms with E-state index in [2.05, 4.69) is 15.0 Å². The molecule has 0 aliphatic carbocycles. The van der Waals surface area contributed by atoms with Crippen LogP contribution in [-0.4, -0.2) is 38.1 Å². The van der Waals surface area contributed by atoms with Crippen molar-refractivity contribution in [1.29, 1.82) is 0 Å². The highest BCUT2D eigenvalue weighted by molar-refractivity contribution is 5.80. The van der Waals surface area contributed by atoms with E-state index in [1.165, 1.54) is 6.33 Å². The third-order valence-electron chi connectivity index (χ3n) is 4.35. The van der Waals surface area contributed by atoms with Crippen LogP contribution < -0.4 is 4.74 Å². The summed E-state index contributed by atoms with van der Waals surface area (Å²) >= 11 is 0. The second kappa shape index (κ2) is 6.57. The third kappa shape index (κ3) is 3.72. The molecule has 4 rings (SSSR count). The predicted octanol–water partition coefficient (Wildman–Crippen LogP) is 4.04. The Hall–Kier alpha value is -3.09. The molecule has 0 bridgehead atoms. The first-order valence-electron chi connectivity index (χ1n) is 8.95. The number of fused-ring (bicyclic) bond motifs is 2. The van der Waals surface area contributed by atoms with Gasteiger partial charge in [0.25, 0.3) is 0 Å². The molecule has 1 aliphatic rings. The molecule has 1 aromatic carbocycles. The number of carbonyl (C=O) groups excluding carboxylic acids is 1. The summed E-state index contributed by atoms with van der Waals surface area (Å²) in [6.07, 6.45) is 3.70. The summed E-state index contributed by atoms with van der Waals surface area (Å²) in [6.45, 7) is 6.51. The van der Waals surface area contributed by atoms with Gasteiger partial charge >= 0.3 is 6.09 Å². The summed E-state index contributed by atoms with van der Waals surface area (Å²) in [5.74, 6) is 1.17. The second-order valence-corrected chi connectivity index (χ2v) is 7.58. The number of ether oxygens (including phenoxy) is 2. The molecule has 0 atom stereocenters. The van der Waals surface area contributed by atoms with Crippen molar-refractivity contribution in [2.45, 2.75) is 39.3 Å². The Morgan fingerprint density at radius 3 is 2.89 bits per heavy atom. The normalized spacial score (nSPS) is 14.1. The van der Waals surface area contributed by atoms with Crippen LogP contribution in [0.1, 0.15) is 32.0 Å². The summed E-state index contributed by atoms with van der Waals surface area (Å²) < 4.78 is 11.5. The fourth-order valence-corrected chi connectivity index (χ4v) is 3.09. The van der Waals surface area contributed by atoms with Crippen molar-refractivity contribution in [3.8, 4) is 11.6 Å². The van der Waals surface area contributed by atoms with Gasteiger partial charge in [-0.25, -0.2) is 14.8 Å². The summed E-state index contributed by atoms with van der Waals surface area (Å²) in [6, 6.07) is 7.80. The number of rotatable bonds is 2. The van der Waals surface area contributed by atoms with Crippen molar-refractivity contribution in [3.63, 3.8) is 0 Å². The molecule has 1 amide bonds. The Balaban J connectivity index is 1.58. The number of amides is 1. The Morgan fingerprint density at radius 2 is 2.07 bits per heavy atom. The molecule has 0 saturated carbocycles. The minimum Gasteiger partial charge on any atom is -0.444 e. The molecule has 140 valence electrons. The molecule has 3 aromatic rings. The summed E-state index contributed by atoms with van der Waals surface area (Å²) in [4.78, 5) is 25.9. The highest BCUT2D eigenvalue weighted by Crippen LogP contribution is 2.30. The molecule has 7 nitrogen and oxygen atoms in total. The number of carbonyl (C=O) groups is 1. The largest absolute Gasteiger partial charge is 0.444 e. The molecular formula is C20H22N4O3. The van der Waals surface area contributed by atoms with Gasteiger partial charge in [0, 0.05) is 30.1 Å². The Kier molecular flexibility index (Phi) is 4.22. The summed E-state index contributed by atoms with van der Waals surface area (Å²) in [5.41, 5.74) is 2.24. The van der Waals surface area contributed by atoms with Crippen molar-refractivity contribution in [1.82, 2.24) is 19.9 Å². The molecule has 0 radical (unpaired) electrons. The van der Waals surface area contributed by atoms with E-state index < -0.39 is 5.60 Å². The van der Waals surface area contributed by atoms with Crippen molar-refractivity contribution in [2.24, 2.45) is 0 Å². The molecule has 0 fully saturated rings. The molecule has 2 aromatic heterocycles. The maximum atomic E-state index is 12.4. The van der Waals surface area contributed by atoms with Crippen molar-refractivity contribution in [3.05, 3.63) is 48.0 Å². The van der Waals surface area contributed by atoms with E-state index in [4.69, 9.17) is 9.47 Å². The van der Waals surface area contributed by atoms with Gasteiger partial charge in [-0.2, -0.15) is 0 Å². The van der Waals surface area contributed by atoms with E-state index in [-0.39, 0.29) is 6.09 Å². The molecule has 0 saturated heterocycles. The number of hydrogen-bond acceptors (Lipinski definition) is 5. The lowest BCUT2D eigenvalue weighted by Gasteiger charge is -2.31. The fraction of sp³-hybridized carbons (Fsp3) is 0.350. The van der Waals surface area contributed by atoms with Crippen LogP contribution >= 0.6 is 0 Å². The van der Waals surface area contributed by atoms with E-state index in [1.807, 2.05) is 51.2 Å². The van der Waals surface area contributed by atoms with Gasteiger partial charge in [0.15, 0.2) is 0 Å². The minimum atomic E-state index is -0.532. The van der Waals surface area contributed by atoms with Crippen LogP contribution in [0.2, 0.25) is 0 Å². The first kappa shape index (κ1) is 17.3. The lowest BCUT2D eigenvalue weighted by molar-refractivity contribution is 0.0221. The first-order valence-corrected chi connectivity index (χ1v) is 8.95. The zero-order valence-electron chi connectivity index (χ0n) is 15.7. The maximum absolute atomic E-state index is 12.4. The number of benzene rings is 1. The zero-order valence-corrected chi connectivity index (χ0v) is 15.7. The highest BCUT2D eigenvalue weighted by Gasteiger charge is 2.28. The molecular weight excluding hydrogens is 344 g/mol. The molecule has 7 heteroatoms. The molecule has 0 unspecified atom stereocenters. The topological polar surface area (TPSA) is 80.3 Å². The van der Waals surface area contributed by atoms with Gasteiger partial charge in [-0.05, 0) is 45.0 Å². The Morgan fingerprint density at radius 1 is 1.22 bits per heavy atom. The Bertz CT molecular complexity index is 990. The fourth-order valence-electron chi connectivity index (χ4n) is 3.09. The lowest BCUT2D eigenvalue weighted by Crippen LogP contribution is -2.40. The molecule has 0 spiro atoms. The standard InChI is InChI=1S/C20H22N4O3/c1-20(2,3)27-19(25)24-9-7-17-15(11-24)18(23-12-22-17)26-14-4-5-16-13(10-14)6-8-21-16/h4-6,8,10,12,21H,7,9,11H2,1-3H3. The van der Waals surface area contributed by atoms with Crippen LogP contribution in [0.3, 0.4) is 0 Å². The van der Waals surface area contributed by atoms with Crippen LogP contribution in [0.15, 0.2) is 36.8 Å². The van der Waals surface area contributed by atoms with Crippen LogP contribution in [0.25, 0.3) is 10.9 Å². The number of aromatic nitrogens is 3. The van der Waals surface area contributed by atoms with Gasteiger partial charge in [-0.1, -0.05) is 0 Å². The Labute approximate surface area is 157 Å². The number of H-pyrrole nitrogens is 1. The smallest absolute Gasteiger partial charge is 0.410 e. The molecule has 1 aliphatic heterocycles. The van der Waals surface area contributed by atoms with E-state index >= 15 is 0 Å². The zero-order chi connectivity index (χ0) is 19.0. The third-order valence-corrected chi connectivity index (χ3v) is 4.35. The molecule has 27 heavy (non-hydrogen) atoms. The van der Waals surface area contributed by atoms with Gasteiger partial charge in [-0.3, -0.25) is 0 Å². The summed E-state index contributed by atoms with van der Waals surface area (Å²) in [7, 11) is 0. The average Bonchev–Trinajstić information content (AvgIpc) is 3.08. The number of nitrogens with one attached hydrogen (secondary N) is 1. The molecule has 3 heterocycles. The van der Waals surface area contributed by atoms with Crippen LogP contribution in [0, 0.1) is 0 Å². The summed E-state index contributed by atoms with van der Waals surface area (Å²) in [5, 5.41) is 1.06. The van der Waals surface area contributed by atoms with E-state index in [0.29, 0.717) is 31.1 Å². The quantitative estimate of drug-likeness (QED) is 0.740. The first-order chi connectivity index (χ1) is 12.9. The van der Waals surface area contributed by atoms with Crippen LogP contribution in [-0.2, 0) is 17.7 Å². The van der Waals surface area contributed by atoms with E-state index in [1.54, 1.807) is 4.90 Å². The van der Waals surface area contributed by atoms with Gasteiger partial charge in [0.05, 0.1) is 17.8 Å². The number of aromatic amines is 1. The van der Waals surface area contributed by atoms with Crippen molar-refractivity contribution in [2.75, 3.05) is 6.54 Å². The van der Waals surface area contributed by atoms with Gasteiger partial charge in [0.2, 0.25) is 5.88 Å². The van der Waals surface area contributed by atoms with Crippen LogP contribution in [0.4, 0.5) is 4.79 Å². The van der Waals surface area contributed by atoms with Gasteiger partial charge in [0.1, 0.15) is 17.7 Å². The predicted molar refractivity (Wildman–Crippen MR) is 101 cm³/mol. The lowest BCUT2D eigenvalue weighted by atomic mass is 10.1. The number of nitrogens with zero attached hydrogens (tertiary/aromatic N) is 3. The molecule has 1 N–H and O–H groups in total. The number of hydrogen-bond donors (Lipinski definition) is 1. The van der Waals surface area contributed by atoms with Crippen LogP contribution in [0.5, 0.6) is 11.6 Å². The van der Waals surface area contributed by atoms with Crippen molar-refractivity contribution >= 4 is 17.0 Å². The monoisotopic (exact) mass is 366 g/mol. The van der Waals surface area contributed by atoms with E-state index in [9.17, 15) is 4.79 Å². The second-order valence-electron chi connectivity index (χ2n) is 7.58. The minimum absolute atomic E-state index is 0.336.